The summed E-state index contributed by atoms with van der Waals surface area (Å²) in [6, 6.07) is 6.04. The van der Waals surface area contributed by atoms with Crippen molar-refractivity contribution in [1.29, 1.82) is 5.26 Å². The van der Waals surface area contributed by atoms with Crippen LogP contribution in [0.2, 0.25) is 0 Å². The van der Waals surface area contributed by atoms with Crippen molar-refractivity contribution in [3.63, 3.8) is 0 Å². The van der Waals surface area contributed by atoms with Crippen molar-refractivity contribution in [2.45, 2.75) is 12.8 Å². The largest absolute Gasteiger partial charge is 0.504 e. The lowest BCUT2D eigenvalue weighted by Gasteiger charge is -2.03. The van der Waals surface area contributed by atoms with Gasteiger partial charge in [-0.25, -0.2) is 0 Å². The first-order valence-corrected chi connectivity index (χ1v) is 4.67. The number of aromatic hydroxyl groups is 2. The number of phenolic OH excluding ortho intramolecular Hbond substituents is 2. The fraction of sp³-hybridized carbons (Fsp3) is 0.273. The van der Waals surface area contributed by atoms with Crippen LogP contribution in [-0.2, 0) is 16.0 Å². The minimum Gasteiger partial charge on any atom is -0.504 e. The number of esters is 1. The number of carbonyl (C=O) groups is 1. The molecule has 0 amide bonds. The molecule has 0 aliphatic heterocycles. The number of carbonyl (C=O) groups excluding carboxylic acids is 1. The highest BCUT2D eigenvalue weighted by Gasteiger charge is 2.05. The van der Waals surface area contributed by atoms with Crippen molar-refractivity contribution in [3.8, 4) is 17.6 Å². The number of phenols is 2. The summed E-state index contributed by atoms with van der Waals surface area (Å²) in [5.41, 5.74) is 0.712. The second-order valence-electron chi connectivity index (χ2n) is 3.14. The smallest absolute Gasteiger partial charge is 0.307 e. The van der Waals surface area contributed by atoms with Crippen LogP contribution in [0, 0.1) is 11.3 Å². The predicted molar refractivity (Wildman–Crippen MR) is 54.7 cm³/mol. The van der Waals surface area contributed by atoms with E-state index in [4.69, 9.17) is 10.4 Å². The van der Waals surface area contributed by atoms with Crippen molar-refractivity contribution < 1.29 is 19.7 Å². The Kier molecular flexibility index (Phi) is 4.16. The first kappa shape index (κ1) is 11.9. The standard InChI is InChI=1S/C11H11NO4/c12-5-6-16-11(15)4-2-8-1-3-9(13)10(14)7-8/h1,3,7,13-14H,2,4,6H2. The third kappa shape index (κ3) is 3.50. The number of aryl methyl sites for hydroxylation is 1. The van der Waals surface area contributed by atoms with E-state index in [9.17, 15) is 9.90 Å². The Bertz CT molecular complexity index is 422. The second kappa shape index (κ2) is 5.61. The minimum atomic E-state index is -0.464. The molecule has 1 rings (SSSR count). The molecule has 0 saturated heterocycles. The highest BCUT2D eigenvalue weighted by molar-refractivity contribution is 5.69. The van der Waals surface area contributed by atoms with Crippen molar-refractivity contribution in [2.24, 2.45) is 0 Å². The monoisotopic (exact) mass is 221 g/mol. The van der Waals surface area contributed by atoms with E-state index in [-0.39, 0.29) is 24.5 Å². The quantitative estimate of drug-likeness (QED) is 0.586. The zero-order valence-electron chi connectivity index (χ0n) is 8.51. The number of benzene rings is 1. The molecule has 5 nitrogen and oxygen atoms in total. The molecule has 0 heterocycles. The summed E-state index contributed by atoms with van der Waals surface area (Å²) in [5, 5.41) is 26.4. The van der Waals surface area contributed by atoms with Crippen LogP contribution < -0.4 is 0 Å². The SMILES string of the molecule is N#CCOC(=O)CCc1ccc(O)c(O)c1. The number of nitrogens with zero attached hydrogens (tertiary/aromatic N) is 1. The maximum atomic E-state index is 11.0. The third-order valence-electron chi connectivity index (χ3n) is 1.96. The van der Waals surface area contributed by atoms with E-state index in [1.54, 1.807) is 12.1 Å². The Labute approximate surface area is 92.5 Å². The molecule has 16 heavy (non-hydrogen) atoms. The van der Waals surface area contributed by atoms with Crippen LogP contribution in [0.25, 0.3) is 0 Å². The van der Waals surface area contributed by atoms with Gasteiger partial charge in [0.2, 0.25) is 0 Å². The lowest BCUT2D eigenvalue weighted by Crippen LogP contribution is -2.05. The van der Waals surface area contributed by atoms with Crippen molar-refractivity contribution in [3.05, 3.63) is 23.8 Å². The van der Waals surface area contributed by atoms with E-state index in [0.717, 1.165) is 0 Å². The molecule has 0 fully saturated rings. The molecule has 0 aliphatic carbocycles. The zero-order chi connectivity index (χ0) is 12.0. The maximum Gasteiger partial charge on any atom is 0.307 e. The molecule has 0 saturated carbocycles. The Morgan fingerprint density at radius 3 is 2.75 bits per heavy atom. The van der Waals surface area contributed by atoms with Crippen LogP contribution in [-0.4, -0.2) is 22.8 Å². The fourth-order valence-corrected chi connectivity index (χ4v) is 1.16. The van der Waals surface area contributed by atoms with Crippen LogP contribution in [0.5, 0.6) is 11.5 Å². The molecule has 5 heteroatoms. The van der Waals surface area contributed by atoms with Gasteiger partial charge < -0.3 is 14.9 Å². The normalized spacial score (nSPS) is 9.44. The average molecular weight is 221 g/mol. The maximum absolute atomic E-state index is 11.0. The Morgan fingerprint density at radius 2 is 2.12 bits per heavy atom. The summed E-state index contributed by atoms with van der Waals surface area (Å²) in [5.74, 6) is -0.882. The molecular formula is C11H11NO4. The Morgan fingerprint density at radius 1 is 1.38 bits per heavy atom. The topological polar surface area (TPSA) is 90.5 Å². The van der Waals surface area contributed by atoms with Crippen molar-refractivity contribution in [1.82, 2.24) is 0 Å². The van der Waals surface area contributed by atoms with Gasteiger partial charge in [-0.15, -0.1) is 0 Å². The van der Waals surface area contributed by atoms with E-state index >= 15 is 0 Å². The molecule has 0 bridgehead atoms. The molecule has 1 aromatic rings. The van der Waals surface area contributed by atoms with E-state index in [1.807, 2.05) is 0 Å². The number of rotatable bonds is 4. The third-order valence-corrected chi connectivity index (χ3v) is 1.96. The Hall–Kier alpha value is -2.22. The van der Waals surface area contributed by atoms with Gasteiger partial charge in [-0.05, 0) is 24.1 Å². The average Bonchev–Trinajstić information content (AvgIpc) is 2.28. The van der Waals surface area contributed by atoms with E-state index in [0.29, 0.717) is 12.0 Å². The summed E-state index contributed by atoms with van der Waals surface area (Å²) >= 11 is 0. The molecule has 0 unspecified atom stereocenters. The van der Waals surface area contributed by atoms with Crippen LogP contribution in [0.15, 0.2) is 18.2 Å². The summed E-state index contributed by atoms with van der Waals surface area (Å²) in [6.07, 6.45) is 0.518. The summed E-state index contributed by atoms with van der Waals surface area (Å²) < 4.78 is 4.55. The van der Waals surface area contributed by atoms with Crippen LogP contribution in [0.3, 0.4) is 0 Å². The Balaban J connectivity index is 2.46. The van der Waals surface area contributed by atoms with Gasteiger partial charge in [-0.2, -0.15) is 5.26 Å². The molecule has 0 aliphatic rings. The van der Waals surface area contributed by atoms with Gasteiger partial charge in [0.15, 0.2) is 18.1 Å². The van der Waals surface area contributed by atoms with Gasteiger partial charge in [0.25, 0.3) is 0 Å². The first-order chi connectivity index (χ1) is 7.63. The molecule has 0 spiro atoms. The van der Waals surface area contributed by atoms with Gasteiger partial charge in [-0.1, -0.05) is 6.07 Å². The minimum absolute atomic E-state index is 0.131. The van der Waals surface area contributed by atoms with E-state index in [2.05, 4.69) is 4.74 Å². The van der Waals surface area contributed by atoms with Gasteiger partial charge in [0, 0.05) is 6.42 Å². The number of ether oxygens (including phenoxy) is 1. The van der Waals surface area contributed by atoms with E-state index in [1.165, 1.54) is 12.1 Å². The van der Waals surface area contributed by atoms with Gasteiger partial charge in [0.1, 0.15) is 6.07 Å². The van der Waals surface area contributed by atoms with Gasteiger partial charge in [0.05, 0.1) is 0 Å². The van der Waals surface area contributed by atoms with Crippen LogP contribution in [0.4, 0.5) is 0 Å². The van der Waals surface area contributed by atoms with Crippen LogP contribution in [0.1, 0.15) is 12.0 Å². The van der Waals surface area contributed by atoms with Crippen LogP contribution >= 0.6 is 0 Å². The number of nitriles is 1. The summed E-state index contributed by atoms with van der Waals surface area (Å²) in [4.78, 5) is 11.0. The van der Waals surface area contributed by atoms with Gasteiger partial charge in [-0.3, -0.25) is 4.79 Å². The number of hydrogen-bond acceptors (Lipinski definition) is 5. The summed E-state index contributed by atoms with van der Waals surface area (Å²) in [7, 11) is 0. The summed E-state index contributed by atoms with van der Waals surface area (Å²) in [6.45, 7) is -0.250. The molecule has 2 N–H and O–H groups in total. The molecule has 1 aromatic carbocycles. The first-order valence-electron chi connectivity index (χ1n) is 4.67. The molecule has 0 atom stereocenters. The van der Waals surface area contributed by atoms with Crippen molar-refractivity contribution >= 4 is 5.97 Å². The predicted octanol–water partition coefficient (Wildman–Crippen LogP) is 1.10. The molecule has 0 radical (unpaired) electrons. The highest BCUT2D eigenvalue weighted by Crippen LogP contribution is 2.25. The molecular weight excluding hydrogens is 210 g/mol. The van der Waals surface area contributed by atoms with E-state index < -0.39 is 5.97 Å². The zero-order valence-corrected chi connectivity index (χ0v) is 8.51. The lowest BCUT2D eigenvalue weighted by atomic mass is 10.1. The molecule has 0 aromatic heterocycles. The highest BCUT2D eigenvalue weighted by atomic mass is 16.5. The van der Waals surface area contributed by atoms with Crippen molar-refractivity contribution in [2.75, 3.05) is 6.61 Å². The van der Waals surface area contributed by atoms with Gasteiger partial charge >= 0.3 is 5.97 Å². The fourth-order valence-electron chi connectivity index (χ4n) is 1.16. The lowest BCUT2D eigenvalue weighted by molar-refractivity contribution is -0.142. The number of hydrogen-bond donors (Lipinski definition) is 2. The second-order valence-corrected chi connectivity index (χ2v) is 3.14. The molecule has 84 valence electrons.